The molecule has 1 aromatic heterocycles. The Kier molecular flexibility index (Phi) is 4.32. The van der Waals surface area contributed by atoms with Gasteiger partial charge in [-0.05, 0) is 20.3 Å². The fraction of sp³-hybridized carbons (Fsp3) is 0.545. The summed E-state index contributed by atoms with van der Waals surface area (Å²) in [5.41, 5.74) is 0.963. The first-order chi connectivity index (χ1) is 7.92. The van der Waals surface area contributed by atoms with Crippen molar-refractivity contribution in [3.63, 3.8) is 0 Å². The van der Waals surface area contributed by atoms with Crippen LogP contribution in [0, 0.1) is 26.2 Å². The van der Waals surface area contributed by atoms with Crippen LogP contribution in [0.25, 0.3) is 0 Å². The smallest absolute Gasteiger partial charge is 0.245 e. The molecule has 0 bridgehead atoms. The first-order valence-electron chi connectivity index (χ1n) is 5.42. The largest absolute Gasteiger partial charge is 0.281 e. The average molecular weight is 255 g/mol. The molecule has 0 amide bonds. The Morgan fingerprint density at radius 1 is 1.53 bits per heavy atom. The number of H-pyrrole nitrogens is 1. The summed E-state index contributed by atoms with van der Waals surface area (Å²) in [6, 6.07) is -0.473. The second kappa shape index (κ2) is 5.34. The molecule has 0 saturated carbocycles. The van der Waals surface area contributed by atoms with Gasteiger partial charge in [0.1, 0.15) is 4.90 Å². The Morgan fingerprint density at radius 2 is 2.18 bits per heavy atom. The summed E-state index contributed by atoms with van der Waals surface area (Å²) in [5, 5.41) is 6.51. The fourth-order valence-corrected chi connectivity index (χ4v) is 3.21. The molecule has 2 N–H and O–H groups in total. The quantitative estimate of drug-likeness (QED) is 0.774. The van der Waals surface area contributed by atoms with Gasteiger partial charge in [-0.25, -0.2) is 8.42 Å². The van der Waals surface area contributed by atoms with E-state index in [4.69, 9.17) is 6.42 Å². The van der Waals surface area contributed by atoms with Crippen LogP contribution in [0.4, 0.5) is 0 Å². The molecule has 1 rings (SSSR count). The third kappa shape index (κ3) is 3.08. The van der Waals surface area contributed by atoms with Crippen LogP contribution in [0.5, 0.6) is 0 Å². The second-order valence-electron chi connectivity index (χ2n) is 3.89. The molecule has 1 atom stereocenters. The molecule has 94 valence electrons. The zero-order chi connectivity index (χ0) is 13.1. The van der Waals surface area contributed by atoms with Gasteiger partial charge in [-0.1, -0.05) is 19.3 Å². The van der Waals surface area contributed by atoms with Gasteiger partial charge in [0.25, 0.3) is 0 Å². The Labute approximate surface area is 102 Å². The summed E-state index contributed by atoms with van der Waals surface area (Å²) in [4.78, 5) is 0.189. The summed E-state index contributed by atoms with van der Waals surface area (Å²) in [6.07, 6.45) is 6.73. The van der Waals surface area contributed by atoms with Crippen LogP contribution in [0.1, 0.15) is 31.2 Å². The van der Waals surface area contributed by atoms with E-state index < -0.39 is 16.1 Å². The Hall–Kier alpha value is -1.32. The molecule has 0 radical (unpaired) electrons. The van der Waals surface area contributed by atoms with Crippen LogP contribution in [0.15, 0.2) is 4.90 Å². The van der Waals surface area contributed by atoms with Crippen molar-refractivity contribution >= 4 is 10.0 Å². The predicted molar refractivity (Wildman–Crippen MR) is 65.9 cm³/mol. The van der Waals surface area contributed by atoms with E-state index in [9.17, 15) is 8.42 Å². The van der Waals surface area contributed by atoms with E-state index in [1.165, 1.54) is 0 Å². The first kappa shape index (κ1) is 13.7. The van der Waals surface area contributed by atoms with Crippen molar-refractivity contribution in [3.8, 4) is 12.3 Å². The van der Waals surface area contributed by atoms with E-state index in [2.05, 4.69) is 20.8 Å². The lowest BCUT2D eigenvalue weighted by molar-refractivity contribution is 0.563. The second-order valence-corrected chi connectivity index (χ2v) is 5.54. The number of sulfonamides is 1. The molecule has 5 nitrogen and oxygen atoms in total. The number of aromatic amines is 1. The Bertz CT molecular complexity index is 506. The molecule has 0 aromatic carbocycles. The van der Waals surface area contributed by atoms with Crippen molar-refractivity contribution < 1.29 is 8.42 Å². The van der Waals surface area contributed by atoms with E-state index in [1.807, 2.05) is 6.92 Å². The molecule has 17 heavy (non-hydrogen) atoms. The van der Waals surface area contributed by atoms with Crippen LogP contribution < -0.4 is 4.72 Å². The SMILES string of the molecule is C#CC(CCC)NS(=O)(=O)c1c(C)n[nH]c1C. The monoisotopic (exact) mass is 255 g/mol. The predicted octanol–water partition coefficient (Wildman–Crippen LogP) is 1.11. The lowest BCUT2D eigenvalue weighted by atomic mass is 10.2. The van der Waals surface area contributed by atoms with Crippen LogP contribution >= 0.6 is 0 Å². The molecule has 0 saturated heterocycles. The van der Waals surface area contributed by atoms with E-state index in [1.54, 1.807) is 13.8 Å². The summed E-state index contributed by atoms with van der Waals surface area (Å²) in [7, 11) is -3.60. The summed E-state index contributed by atoms with van der Waals surface area (Å²) < 4.78 is 26.7. The van der Waals surface area contributed by atoms with Crippen molar-refractivity contribution in [1.82, 2.24) is 14.9 Å². The highest BCUT2D eigenvalue weighted by Gasteiger charge is 2.24. The minimum Gasteiger partial charge on any atom is -0.281 e. The number of hydrogen-bond donors (Lipinski definition) is 2. The highest BCUT2D eigenvalue weighted by atomic mass is 32.2. The lowest BCUT2D eigenvalue weighted by Crippen LogP contribution is -2.34. The van der Waals surface area contributed by atoms with Gasteiger partial charge in [0.05, 0.1) is 17.4 Å². The van der Waals surface area contributed by atoms with Crippen molar-refractivity contribution in [2.24, 2.45) is 0 Å². The zero-order valence-corrected chi connectivity index (χ0v) is 11.1. The van der Waals surface area contributed by atoms with Gasteiger partial charge in [0.15, 0.2) is 0 Å². The van der Waals surface area contributed by atoms with Crippen LogP contribution in [-0.4, -0.2) is 24.7 Å². The molecule has 0 aliphatic carbocycles. The van der Waals surface area contributed by atoms with Crippen molar-refractivity contribution in [2.45, 2.75) is 44.6 Å². The van der Waals surface area contributed by atoms with Gasteiger partial charge in [-0.3, -0.25) is 5.10 Å². The van der Waals surface area contributed by atoms with Crippen LogP contribution in [0.3, 0.4) is 0 Å². The summed E-state index contributed by atoms with van der Waals surface area (Å²) in [6.45, 7) is 5.26. The third-order valence-corrected chi connectivity index (χ3v) is 4.14. The molecule has 0 spiro atoms. The van der Waals surface area contributed by atoms with Gasteiger partial charge >= 0.3 is 0 Å². The summed E-state index contributed by atoms with van der Waals surface area (Å²) in [5.74, 6) is 2.44. The highest BCUT2D eigenvalue weighted by molar-refractivity contribution is 7.89. The summed E-state index contributed by atoms with van der Waals surface area (Å²) >= 11 is 0. The fourth-order valence-electron chi connectivity index (χ4n) is 1.65. The van der Waals surface area contributed by atoms with Gasteiger partial charge in [-0.15, -0.1) is 6.42 Å². The average Bonchev–Trinajstić information content (AvgIpc) is 2.58. The van der Waals surface area contributed by atoms with Crippen LogP contribution in [-0.2, 0) is 10.0 Å². The number of nitrogens with zero attached hydrogens (tertiary/aromatic N) is 1. The van der Waals surface area contributed by atoms with Crippen molar-refractivity contribution in [3.05, 3.63) is 11.4 Å². The molecule has 1 unspecified atom stereocenters. The highest BCUT2D eigenvalue weighted by Crippen LogP contribution is 2.17. The van der Waals surface area contributed by atoms with Gasteiger partial charge in [0.2, 0.25) is 10.0 Å². The van der Waals surface area contributed by atoms with Crippen molar-refractivity contribution in [2.75, 3.05) is 0 Å². The van der Waals surface area contributed by atoms with E-state index >= 15 is 0 Å². The van der Waals surface area contributed by atoms with E-state index in [0.717, 1.165) is 6.42 Å². The maximum atomic E-state index is 12.1. The van der Waals surface area contributed by atoms with Gasteiger partial charge in [-0.2, -0.15) is 9.82 Å². The van der Waals surface area contributed by atoms with E-state index in [-0.39, 0.29) is 4.90 Å². The minimum absolute atomic E-state index is 0.189. The van der Waals surface area contributed by atoms with Gasteiger partial charge < -0.3 is 0 Å². The number of terminal acetylenes is 1. The van der Waals surface area contributed by atoms with Crippen molar-refractivity contribution in [1.29, 1.82) is 0 Å². The molecule has 6 heteroatoms. The molecule has 0 aliphatic rings. The Balaban J connectivity index is 3.01. The molecule has 1 heterocycles. The Morgan fingerprint density at radius 3 is 2.59 bits per heavy atom. The first-order valence-corrected chi connectivity index (χ1v) is 6.90. The molecule has 0 fully saturated rings. The number of nitrogens with one attached hydrogen (secondary N) is 2. The van der Waals surface area contributed by atoms with Crippen LogP contribution in [0.2, 0.25) is 0 Å². The number of aromatic nitrogens is 2. The van der Waals surface area contributed by atoms with E-state index in [0.29, 0.717) is 17.8 Å². The standard InChI is InChI=1S/C11H17N3O2S/c1-5-7-10(6-2)14-17(15,16)11-8(3)12-13-9(11)4/h2,10,14H,5,7H2,1,3-4H3,(H,12,13). The molecular weight excluding hydrogens is 238 g/mol. The molecular formula is C11H17N3O2S. The zero-order valence-electron chi connectivity index (χ0n) is 10.2. The number of rotatable bonds is 5. The lowest BCUT2D eigenvalue weighted by Gasteiger charge is -2.12. The molecule has 0 aliphatic heterocycles. The topological polar surface area (TPSA) is 74.8 Å². The number of aryl methyl sites for hydroxylation is 2. The number of hydrogen-bond acceptors (Lipinski definition) is 3. The van der Waals surface area contributed by atoms with Gasteiger partial charge in [0, 0.05) is 0 Å². The maximum Gasteiger partial charge on any atom is 0.245 e. The normalized spacial score (nSPS) is 13.3. The minimum atomic E-state index is -3.60. The maximum absolute atomic E-state index is 12.1. The third-order valence-electron chi connectivity index (χ3n) is 2.41. The molecule has 1 aromatic rings.